The van der Waals surface area contributed by atoms with Crippen LogP contribution < -0.4 is 10.3 Å². The molecule has 2 aromatic carbocycles. The topological polar surface area (TPSA) is 70.3 Å². The van der Waals surface area contributed by atoms with E-state index in [0.717, 1.165) is 48.1 Å². The van der Waals surface area contributed by atoms with Gasteiger partial charge in [0.1, 0.15) is 18.5 Å². The minimum atomic E-state index is -0.553. The predicted molar refractivity (Wildman–Crippen MR) is 134 cm³/mol. The van der Waals surface area contributed by atoms with E-state index in [-0.39, 0.29) is 12.2 Å². The fraction of sp³-hybridized carbons (Fsp3) is 0.308. The Hall–Kier alpha value is -3.04. The second-order valence-electron chi connectivity index (χ2n) is 8.57. The normalized spacial score (nSPS) is 16.0. The molecule has 0 spiro atoms. The summed E-state index contributed by atoms with van der Waals surface area (Å²) in [5, 5.41) is 12.4. The Morgan fingerprint density at radius 3 is 2.44 bits per heavy atom. The highest BCUT2D eigenvalue weighted by Crippen LogP contribution is 2.22. The van der Waals surface area contributed by atoms with Crippen LogP contribution in [-0.2, 0) is 6.54 Å². The summed E-state index contributed by atoms with van der Waals surface area (Å²) < 4.78 is 7.39. The summed E-state index contributed by atoms with van der Waals surface area (Å²) in [6.45, 7) is 4.99. The van der Waals surface area contributed by atoms with Crippen LogP contribution in [0, 0.1) is 0 Å². The van der Waals surface area contributed by atoms with Gasteiger partial charge in [0.15, 0.2) is 4.96 Å². The van der Waals surface area contributed by atoms with Crippen molar-refractivity contribution >= 4 is 16.3 Å². The van der Waals surface area contributed by atoms with Gasteiger partial charge in [-0.1, -0.05) is 42.5 Å². The Bertz CT molecular complexity index is 1260. The molecule has 1 aliphatic rings. The van der Waals surface area contributed by atoms with Crippen LogP contribution in [-0.4, -0.2) is 69.7 Å². The highest BCUT2D eigenvalue weighted by Gasteiger charge is 2.20. The molecule has 34 heavy (non-hydrogen) atoms. The lowest BCUT2D eigenvalue weighted by Crippen LogP contribution is -2.49. The van der Waals surface area contributed by atoms with Crippen LogP contribution in [0.5, 0.6) is 5.75 Å². The summed E-state index contributed by atoms with van der Waals surface area (Å²) in [5.41, 5.74) is 3.09. The lowest BCUT2D eigenvalue weighted by Gasteiger charge is -2.35. The zero-order valence-electron chi connectivity index (χ0n) is 18.9. The number of aromatic nitrogens is 2. The molecule has 1 unspecified atom stereocenters. The Morgan fingerprint density at radius 2 is 1.68 bits per heavy atom. The molecule has 1 fully saturated rings. The van der Waals surface area contributed by atoms with Crippen LogP contribution in [0.25, 0.3) is 16.1 Å². The average Bonchev–Trinajstić information content (AvgIpc) is 3.34. The van der Waals surface area contributed by atoms with Crippen LogP contribution in [0.15, 0.2) is 77.0 Å². The number of nitrogens with zero attached hydrogens (tertiary/aromatic N) is 4. The second kappa shape index (κ2) is 10.5. The Morgan fingerprint density at radius 1 is 0.971 bits per heavy atom. The molecule has 3 heterocycles. The summed E-state index contributed by atoms with van der Waals surface area (Å²) in [7, 11) is 0. The molecule has 0 aliphatic carbocycles. The quantitative estimate of drug-likeness (QED) is 0.422. The number of β-amino-alcohol motifs (C(OH)–C–C–N with tert-alkyl or cyclic N) is 1. The number of aliphatic hydroxyl groups is 1. The second-order valence-corrected chi connectivity index (χ2v) is 9.45. The highest BCUT2D eigenvalue weighted by molar-refractivity contribution is 7.15. The molecule has 7 nitrogen and oxygen atoms in total. The van der Waals surface area contributed by atoms with E-state index < -0.39 is 6.10 Å². The summed E-state index contributed by atoms with van der Waals surface area (Å²) in [5.74, 6) is 0.759. The van der Waals surface area contributed by atoms with Gasteiger partial charge in [-0.05, 0) is 23.3 Å². The van der Waals surface area contributed by atoms with Crippen molar-refractivity contribution in [2.24, 2.45) is 0 Å². The zero-order valence-corrected chi connectivity index (χ0v) is 19.7. The van der Waals surface area contributed by atoms with E-state index >= 15 is 0 Å². The van der Waals surface area contributed by atoms with E-state index in [1.165, 1.54) is 16.9 Å². The summed E-state index contributed by atoms with van der Waals surface area (Å²) in [6, 6.07) is 19.8. The number of ether oxygens (including phenoxy) is 1. The predicted octanol–water partition coefficient (Wildman–Crippen LogP) is 2.98. The fourth-order valence-electron chi connectivity index (χ4n) is 4.25. The molecule has 0 amide bonds. The standard InChI is InChI=1S/C26H28N4O3S/c31-23(19-33-24-8-6-21(7-9-24)20-4-2-1-3-5-20)18-29-12-10-28(11-13-29)17-22-16-25(32)30-14-15-34-26(30)27-22/h1-9,14-16,23,31H,10-13,17-19H2. The number of piperazine rings is 1. The summed E-state index contributed by atoms with van der Waals surface area (Å²) in [6.07, 6.45) is 1.20. The number of benzene rings is 2. The van der Waals surface area contributed by atoms with Crippen LogP contribution in [0.1, 0.15) is 5.69 Å². The molecule has 8 heteroatoms. The van der Waals surface area contributed by atoms with Crippen LogP contribution in [0.4, 0.5) is 0 Å². The van der Waals surface area contributed by atoms with Crippen molar-refractivity contribution in [3.05, 3.63) is 88.3 Å². The van der Waals surface area contributed by atoms with Crippen molar-refractivity contribution < 1.29 is 9.84 Å². The van der Waals surface area contributed by atoms with Gasteiger partial charge in [-0.3, -0.25) is 19.0 Å². The van der Waals surface area contributed by atoms with Crippen molar-refractivity contribution in [3.8, 4) is 16.9 Å². The molecule has 0 radical (unpaired) electrons. The van der Waals surface area contributed by atoms with E-state index in [9.17, 15) is 9.90 Å². The molecule has 1 N–H and O–H groups in total. The monoisotopic (exact) mass is 476 g/mol. The van der Waals surface area contributed by atoms with Crippen LogP contribution in [0.3, 0.4) is 0 Å². The Labute approximate surface area is 202 Å². The van der Waals surface area contributed by atoms with Gasteiger partial charge < -0.3 is 9.84 Å². The number of hydrogen-bond donors (Lipinski definition) is 1. The molecule has 0 saturated carbocycles. The number of aliphatic hydroxyl groups excluding tert-OH is 1. The fourth-order valence-corrected chi connectivity index (χ4v) is 4.98. The third-order valence-corrected chi connectivity index (χ3v) is 6.84. The largest absolute Gasteiger partial charge is 0.491 e. The molecular weight excluding hydrogens is 448 g/mol. The van der Waals surface area contributed by atoms with Crippen LogP contribution in [0.2, 0.25) is 0 Å². The van der Waals surface area contributed by atoms with Crippen molar-refractivity contribution in [1.82, 2.24) is 19.2 Å². The molecule has 0 bridgehead atoms. The van der Waals surface area contributed by atoms with E-state index in [1.54, 1.807) is 16.7 Å². The minimum Gasteiger partial charge on any atom is -0.491 e. The minimum absolute atomic E-state index is 0.0299. The zero-order chi connectivity index (χ0) is 23.3. The van der Waals surface area contributed by atoms with Gasteiger partial charge in [0.25, 0.3) is 5.56 Å². The maximum Gasteiger partial charge on any atom is 0.258 e. The van der Waals surface area contributed by atoms with Gasteiger partial charge in [-0.15, -0.1) is 11.3 Å². The Balaban J connectivity index is 1.06. The average molecular weight is 477 g/mol. The molecule has 4 aromatic rings. The maximum absolute atomic E-state index is 12.2. The van der Waals surface area contributed by atoms with E-state index in [4.69, 9.17) is 4.74 Å². The summed E-state index contributed by atoms with van der Waals surface area (Å²) in [4.78, 5) is 22.1. The number of hydrogen-bond acceptors (Lipinski definition) is 7. The maximum atomic E-state index is 12.2. The lowest BCUT2D eigenvalue weighted by atomic mass is 10.1. The third-order valence-electron chi connectivity index (χ3n) is 6.08. The van der Waals surface area contributed by atoms with Crippen molar-refractivity contribution in [2.75, 3.05) is 39.3 Å². The number of fused-ring (bicyclic) bond motifs is 1. The molecule has 2 aromatic heterocycles. The van der Waals surface area contributed by atoms with Crippen LogP contribution >= 0.6 is 11.3 Å². The van der Waals surface area contributed by atoms with Gasteiger partial charge >= 0.3 is 0 Å². The van der Waals surface area contributed by atoms with Gasteiger partial charge in [0, 0.05) is 56.9 Å². The first kappa shape index (κ1) is 22.7. The smallest absolute Gasteiger partial charge is 0.258 e. The molecule has 1 atom stereocenters. The molecule has 1 aliphatic heterocycles. The number of rotatable bonds is 8. The van der Waals surface area contributed by atoms with Gasteiger partial charge in [0.2, 0.25) is 0 Å². The van der Waals surface area contributed by atoms with Crippen molar-refractivity contribution in [3.63, 3.8) is 0 Å². The lowest BCUT2D eigenvalue weighted by molar-refractivity contribution is 0.0444. The van der Waals surface area contributed by atoms with Gasteiger partial charge in [-0.25, -0.2) is 4.98 Å². The van der Waals surface area contributed by atoms with Gasteiger partial charge in [-0.2, -0.15) is 0 Å². The van der Waals surface area contributed by atoms with E-state index in [0.29, 0.717) is 13.1 Å². The number of thiazole rings is 1. The first-order valence-electron chi connectivity index (χ1n) is 11.5. The molecule has 5 rings (SSSR count). The van der Waals surface area contributed by atoms with Crippen molar-refractivity contribution in [2.45, 2.75) is 12.6 Å². The first-order chi connectivity index (χ1) is 16.6. The Kier molecular flexibility index (Phi) is 7.01. The SMILES string of the molecule is O=c1cc(CN2CCN(CC(O)COc3ccc(-c4ccccc4)cc3)CC2)nc2sccn12. The summed E-state index contributed by atoms with van der Waals surface area (Å²) >= 11 is 1.47. The molecule has 1 saturated heterocycles. The van der Waals surface area contributed by atoms with Gasteiger partial charge in [0.05, 0.1) is 5.69 Å². The van der Waals surface area contributed by atoms with Crippen molar-refractivity contribution in [1.29, 1.82) is 0 Å². The van der Waals surface area contributed by atoms with E-state index in [2.05, 4.69) is 26.9 Å². The highest BCUT2D eigenvalue weighted by atomic mass is 32.1. The van der Waals surface area contributed by atoms with E-state index in [1.807, 2.05) is 47.8 Å². The molecular formula is C26H28N4O3S. The third kappa shape index (κ3) is 5.53. The first-order valence-corrected chi connectivity index (χ1v) is 12.4. The molecule has 176 valence electrons.